The van der Waals surface area contributed by atoms with Crippen LogP contribution in [0.4, 0.5) is 0 Å². The lowest BCUT2D eigenvalue weighted by Gasteiger charge is -2.23. The van der Waals surface area contributed by atoms with Gasteiger partial charge in [0.2, 0.25) is 0 Å². The van der Waals surface area contributed by atoms with Crippen LogP contribution in [0, 0.1) is 0 Å². The van der Waals surface area contributed by atoms with Crippen molar-refractivity contribution in [3.05, 3.63) is 0 Å². The van der Waals surface area contributed by atoms with Gasteiger partial charge in [-0.15, -0.1) is 0 Å². The van der Waals surface area contributed by atoms with E-state index in [2.05, 4.69) is 30.6 Å². The molecular weight excluding hydrogens is 701 g/mol. The second kappa shape index (κ2) is 42.4. The average molecular weight is 795 g/mol. The molecule has 0 spiro atoms. The van der Waals surface area contributed by atoms with E-state index < -0.39 is 0 Å². The van der Waals surface area contributed by atoms with Gasteiger partial charge in [-0.25, -0.2) is 0 Å². The van der Waals surface area contributed by atoms with Crippen molar-refractivity contribution in [2.75, 3.05) is 40.3 Å². The van der Waals surface area contributed by atoms with Crippen molar-refractivity contribution >= 4 is 29.1 Å². The first-order valence-electron chi connectivity index (χ1n) is 24.1. The molecule has 0 aromatic heterocycles. The second-order valence-electron chi connectivity index (χ2n) is 16.8. The van der Waals surface area contributed by atoms with E-state index >= 15 is 0 Å². The quantitative estimate of drug-likeness (QED) is 0.0346. The Morgan fingerprint density at radius 1 is 0.455 bits per heavy atom. The minimum atomic E-state index is -0.0142. The fraction of sp³-hybridized carbons (Fsp3) is 0.938. The maximum Gasteiger partial charge on any atom is 0.306 e. The van der Waals surface area contributed by atoms with Gasteiger partial charge in [0.15, 0.2) is 0 Å². The molecule has 0 N–H and O–H groups in total. The highest BCUT2D eigenvalue weighted by atomic mass is 32.1. The summed E-state index contributed by atoms with van der Waals surface area (Å²) in [5, 5.41) is 0. The van der Waals surface area contributed by atoms with Crippen LogP contribution in [0.3, 0.4) is 0 Å². The number of nitrogens with zero attached hydrogens (tertiary/aromatic N) is 2. The van der Waals surface area contributed by atoms with Gasteiger partial charge in [-0.05, 0) is 96.7 Å². The third kappa shape index (κ3) is 39.4. The van der Waals surface area contributed by atoms with Crippen LogP contribution >= 0.6 is 12.2 Å². The van der Waals surface area contributed by atoms with E-state index in [1.807, 2.05) is 14.1 Å². The second-order valence-corrected chi connectivity index (χ2v) is 17.3. The van der Waals surface area contributed by atoms with Crippen molar-refractivity contribution in [1.29, 1.82) is 0 Å². The van der Waals surface area contributed by atoms with Crippen LogP contribution in [0.5, 0.6) is 0 Å². The lowest BCUT2D eigenvalue weighted by molar-refractivity contribution is -0.150. The molecule has 0 rings (SSSR count). The Kier molecular flexibility index (Phi) is 41.5. The summed E-state index contributed by atoms with van der Waals surface area (Å²) in [4.78, 5) is 30.7. The Bertz CT molecular complexity index is 838. The fourth-order valence-corrected chi connectivity index (χ4v) is 7.54. The fourth-order valence-electron chi connectivity index (χ4n) is 7.39. The molecule has 0 aromatic carbocycles. The minimum Gasteiger partial charge on any atom is -0.466 e. The number of esters is 2. The summed E-state index contributed by atoms with van der Waals surface area (Å²) in [5.74, 6) is 0.0185. The predicted octanol–water partition coefficient (Wildman–Crippen LogP) is 14.3. The summed E-state index contributed by atoms with van der Waals surface area (Å²) in [7, 11) is 4.09. The lowest BCUT2D eigenvalue weighted by atomic mass is 10.0. The van der Waals surface area contributed by atoms with Crippen molar-refractivity contribution < 1.29 is 19.1 Å². The van der Waals surface area contributed by atoms with Gasteiger partial charge in [0, 0.05) is 26.9 Å². The molecule has 0 aliphatic rings. The van der Waals surface area contributed by atoms with E-state index in [1.165, 1.54) is 154 Å². The average Bonchev–Trinajstić information content (AvgIpc) is 3.17. The van der Waals surface area contributed by atoms with Gasteiger partial charge in [-0.2, -0.15) is 0 Å². The van der Waals surface area contributed by atoms with Crippen molar-refractivity contribution in [2.45, 2.75) is 252 Å². The Labute approximate surface area is 348 Å². The van der Waals surface area contributed by atoms with Crippen LogP contribution in [0.15, 0.2) is 0 Å². The molecule has 0 aliphatic carbocycles. The minimum absolute atomic E-state index is 0.0142. The maximum absolute atomic E-state index is 12.8. The van der Waals surface area contributed by atoms with Gasteiger partial charge >= 0.3 is 11.9 Å². The number of carbonyl (C=O) groups is 2. The van der Waals surface area contributed by atoms with Crippen LogP contribution in [-0.4, -0.2) is 73.2 Å². The lowest BCUT2D eigenvalue weighted by Crippen LogP contribution is -2.27. The highest BCUT2D eigenvalue weighted by molar-refractivity contribution is 7.80. The van der Waals surface area contributed by atoms with E-state index in [1.54, 1.807) is 0 Å². The Morgan fingerprint density at radius 2 is 0.818 bits per heavy atom. The molecule has 0 fully saturated rings. The Balaban J connectivity index is 4.36. The third-order valence-corrected chi connectivity index (χ3v) is 11.7. The third-order valence-electron chi connectivity index (χ3n) is 11.1. The smallest absolute Gasteiger partial charge is 0.306 e. The molecule has 0 radical (unpaired) electrons. The van der Waals surface area contributed by atoms with E-state index in [4.69, 9.17) is 21.7 Å². The van der Waals surface area contributed by atoms with Crippen molar-refractivity contribution in [3.63, 3.8) is 0 Å². The highest BCUT2D eigenvalue weighted by Crippen LogP contribution is 2.19. The van der Waals surface area contributed by atoms with E-state index in [-0.39, 0.29) is 18.0 Å². The number of carbonyl (C=O) groups excluding carboxylic acids is 2. The Hall–Kier alpha value is -1.21. The molecule has 0 aliphatic heterocycles. The zero-order valence-electron chi connectivity index (χ0n) is 37.6. The SMILES string of the molecule is CCCCCCCCOC(=O)CCCCCCCN(CCCCCCCC(=O)OC(CCCCCCCC)CCCCCCCC)CCCCC(=S)N(C)C. The van der Waals surface area contributed by atoms with Crippen LogP contribution < -0.4 is 0 Å². The number of hydrogen-bond donors (Lipinski definition) is 0. The molecular formula is C48H94N2O4S. The predicted molar refractivity (Wildman–Crippen MR) is 242 cm³/mol. The number of unbranched alkanes of at least 4 members (excludes halogenated alkanes) is 24. The largest absolute Gasteiger partial charge is 0.466 e. The van der Waals surface area contributed by atoms with Gasteiger partial charge in [-0.3, -0.25) is 9.59 Å². The molecule has 0 bridgehead atoms. The summed E-state index contributed by atoms with van der Waals surface area (Å²) in [6.45, 7) is 10.8. The normalized spacial score (nSPS) is 11.5. The van der Waals surface area contributed by atoms with Crippen molar-refractivity contribution in [3.8, 4) is 0 Å². The summed E-state index contributed by atoms with van der Waals surface area (Å²) in [6, 6.07) is 0. The van der Waals surface area contributed by atoms with E-state index in [9.17, 15) is 9.59 Å². The summed E-state index contributed by atoms with van der Waals surface area (Å²) >= 11 is 5.51. The number of hydrogen-bond acceptors (Lipinski definition) is 6. The van der Waals surface area contributed by atoms with Gasteiger partial charge in [0.25, 0.3) is 0 Å². The van der Waals surface area contributed by atoms with E-state index in [0.29, 0.717) is 19.4 Å². The number of thiocarbonyl (C=S) groups is 1. The standard InChI is InChI=1S/C48H94N2O4S/c1-6-9-12-15-20-27-36-45(37-28-21-16-13-10-7-2)54-48(52)40-30-23-19-25-33-42-50(43-34-31-38-46(55)49(4)5)41-32-24-18-22-29-39-47(51)53-44-35-26-17-14-11-8-3/h45H,6-44H2,1-5H3. The van der Waals surface area contributed by atoms with Crippen LogP contribution in [0.25, 0.3) is 0 Å². The topological polar surface area (TPSA) is 59.1 Å². The molecule has 0 saturated carbocycles. The van der Waals surface area contributed by atoms with Gasteiger partial charge in [0.05, 0.1) is 11.6 Å². The van der Waals surface area contributed by atoms with Gasteiger partial charge in [0.1, 0.15) is 6.10 Å². The van der Waals surface area contributed by atoms with Gasteiger partial charge in [-0.1, -0.05) is 168 Å². The molecule has 0 aromatic rings. The van der Waals surface area contributed by atoms with Gasteiger partial charge < -0.3 is 19.3 Å². The molecule has 7 heteroatoms. The number of rotatable bonds is 43. The molecule has 55 heavy (non-hydrogen) atoms. The van der Waals surface area contributed by atoms with Crippen LogP contribution in [0.1, 0.15) is 245 Å². The molecule has 0 unspecified atom stereocenters. The molecule has 326 valence electrons. The zero-order chi connectivity index (χ0) is 40.5. The van der Waals surface area contributed by atoms with Crippen molar-refractivity contribution in [2.24, 2.45) is 0 Å². The van der Waals surface area contributed by atoms with Crippen LogP contribution in [-0.2, 0) is 19.1 Å². The monoisotopic (exact) mass is 795 g/mol. The summed E-state index contributed by atoms with van der Waals surface area (Å²) in [5.41, 5.74) is 0. The zero-order valence-corrected chi connectivity index (χ0v) is 38.4. The maximum atomic E-state index is 12.8. The highest BCUT2D eigenvalue weighted by Gasteiger charge is 2.14. The summed E-state index contributed by atoms with van der Waals surface area (Å²) in [6.07, 6.45) is 40.9. The molecule has 6 nitrogen and oxygen atoms in total. The van der Waals surface area contributed by atoms with Crippen molar-refractivity contribution in [1.82, 2.24) is 9.80 Å². The number of ether oxygens (including phenoxy) is 2. The van der Waals surface area contributed by atoms with Crippen LogP contribution in [0.2, 0.25) is 0 Å². The molecule has 0 heterocycles. The first-order chi connectivity index (χ1) is 26.8. The Morgan fingerprint density at radius 3 is 1.29 bits per heavy atom. The summed E-state index contributed by atoms with van der Waals surface area (Å²) < 4.78 is 11.5. The molecule has 0 atom stereocenters. The first-order valence-corrected chi connectivity index (χ1v) is 24.5. The molecule has 0 amide bonds. The molecule has 0 saturated heterocycles. The van der Waals surface area contributed by atoms with E-state index in [0.717, 1.165) is 82.4 Å². The first kappa shape index (κ1) is 53.8.